The van der Waals surface area contributed by atoms with Gasteiger partial charge < -0.3 is 14.4 Å². The molecule has 1 atom stereocenters. The summed E-state index contributed by atoms with van der Waals surface area (Å²) in [6.07, 6.45) is 3.74. The molecule has 142 valence electrons. The van der Waals surface area contributed by atoms with Crippen LogP contribution in [0.5, 0.6) is 5.75 Å². The quantitative estimate of drug-likeness (QED) is 0.653. The van der Waals surface area contributed by atoms with Gasteiger partial charge in [-0.3, -0.25) is 14.6 Å². The van der Waals surface area contributed by atoms with Gasteiger partial charge in [-0.05, 0) is 40.8 Å². The molecule has 0 N–H and O–H groups in total. The number of esters is 1. The Morgan fingerprint density at radius 1 is 1.07 bits per heavy atom. The van der Waals surface area contributed by atoms with Gasteiger partial charge in [-0.1, -0.05) is 18.2 Å². The molecule has 2 aromatic carbocycles. The zero-order valence-corrected chi connectivity index (χ0v) is 15.7. The highest BCUT2D eigenvalue weighted by Crippen LogP contribution is 2.35. The summed E-state index contributed by atoms with van der Waals surface area (Å²) in [5, 5.41) is 1.99. The molecule has 1 fully saturated rings. The van der Waals surface area contributed by atoms with Crippen molar-refractivity contribution in [2.24, 2.45) is 5.92 Å². The van der Waals surface area contributed by atoms with Crippen LogP contribution in [0.15, 0.2) is 54.9 Å². The first-order valence-corrected chi connectivity index (χ1v) is 9.01. The van der Waals surface area contributed by atoms with E-state index in [0.29, 0.717) is 6.54 Å². The average molecular weight is 376 g/mol. The van der Waals surface area contributed by atoms with Crippen LogP contribution in [0.25, 0.3) is 21.9 Å². The van der Waals surface area contributed by atoms with E-state index in [4.69, 9.17) is 9.47 Å². The van der Waals surface area contributed by atoms with Crippen molar-refractivity contribution >= 4 is 28.3 Å². The van der Waals surface area contributed by atoms with E-state index < -0.39 is 5.92 Å². The van der Waals surface area contributed by atoms with Gasteiger partial charge in [0.05, 0.1) is 20.1 Å². The van der Waals surface area contributed by atoms with Crippen LogP contribution in [0.3, 0.4) is 0 Å². The third-order valence-electron chi connectivity index (χ3n) is 5.15. The fraction of sp³-hybridized carbons (Fsp3) is 0.227. The molecule has 0 radical (unpaired) electrons. The number of carbonyl (C=O) groups excluding carboxylic acids is 2. The number of fused-ring (bicyclic) bond motifs is 1. The van der Waals surface area contributed by atoms with Crippen molar-refractivity contribution in [3.8, 4) is 16.9 Å². The highest BCUT2D eigenvalue weighted by Gasteiger charge is 2.35. The molecular weight excluding hydrogens is 356 g/mol. The van der Waals surface area contributed by atoms with Gasteiger partial charge in [-0.15, -0.1) is 0 Å². The van der Waals surface area contributed by atoms with Crippen molar-refractivity contribution < 1.29 is 19.1 Å². The van der Waals surface area contributed by atoms with E-state index >= 15 is 0 Å². The van der Waals surface area contributed by atoms with Crippen molar-refractivity contribution in [2.75, 3.05) is 25.7 Å². The van der Waals surface area contributed by atoms with Gasteiger partial charge in [0.2, 0.25) is 5.91 Å². The Labute approximate surface area is 162 Å². The average Bonchev–Trinajstić information content (AvgIpc) is 3.14. The summed E-state index contributed by atoms with van der Waals surface area (Å²) in [5.41, 5.74) is 2.86. The van der Waals surface area contributed by atoms with Crippen molar-refractivity contribution in [3.05, 3.63) is 54.9 Å². The third-order valence-corrected chi connectivity index (χ3v) is 5.15. The molecule has 28 heavy (non-hydrogen) atoms. The topological polar surface area (TPSA) is 68.7 Å². The molecule has 6 nitrogen and oxygen atoms in total. The second kappa shape index (κ2) is 7.31. The minimum Gasteiger partial charge on any atom is -0.496 e. The smallest absolute Gasteiger partial charge is 0.311 e. The monoisotopic (exact) mass is 376 g/mol. The highest BCUT2D eigenvalue weighted by molar-refractivity contribution is 6.01. The van der Waals surface area contributed by atoms with E-state index in [-0.39, 0.29) is 18.3 Å². The number of pyridine rings is 1. The molecule has 0 bridgehead atoms. The number of methoxy groups -OCH3 is 2. The second-order valence-electron chi connectivity index (χ2n) is 6.71. The van der Waals surface area contributed by atoms with Crippen LogP contribution in [0.1, 0.15) is 6.42 Å². The van der Waals surface area contributed by atoms with Crippen molar-refractivity contribution in [1.29, 1.82) is 0 Å². The van der Waals surface area contributed by atoms with Crippen LogP contribution in [0.2, 0.25) is 0 Å². The van der Waals surface area contributed by atoms with Gasteiger partial charge >= 0.3 is 5.97 Å². The van der Waals surface area contributed by atoms with Crippen LogP contribution in [0, 0.1) is 5.92 Å². The standard InChI is InChI=1S/C22H20N2O4/c1-27-20-8-7-17(18-9-10-23-12-19(18)20)14-3-5-16(6-4-14)24-13-15(11-21(24)25)22(26)28-2/h3-10,12,15H,11,13H2,1-2H3. The SMILES string of the molecule is COC(=O)C1CC(=O)N(c2ccc(-c3ccc(OC)c4cnccc34)cc2)C1. The van der Waals surface area contributed by atoms with Crippen LogP contribution in [0.4, 0.5) is 5.69 Å². The van der Waals surface area contributed by atoms with Gasteiger partial charge in [0, 0.05) is 36.4 Å². The summed E-state index contributed by atoms with van der Waals surface area (Å²) in [5.74, 6) is -0.0369. The maximum absolute atomic E-state index is 12.3. The molecule has 2 heterocycles. The molecule has 1 amide bonds. The molecule has 1 aliphatic heterocycles. The molecule has 0 spiro atoms. The maximum Gasteiger partial charge on any atom is 0.311 e. The molecule has 1 aromatic heterocycles. The van der Waals surface area contributed by atoms with Gasteiger partial charge in [-0.25, -0.2) is 0 Å². The lowest BCUT2D eigenvalue weighted by Crippen LogP contribution is -2.26. The third kappa shape index (κ3) is 3.07. The Hall–Kier alpha value is -3.41. The maximum atomic E-state index is 12.3. The van der Waals surface area contributed by atoms with E-state index in [1.54, 1.807) is 24.4 Å². The highest BCUT2D eigenvalue weighted by atomic mass is 16.5. The number of rotatable bonds is 4. The number of carbonyl (C=O) groups is 2. The number of hydrogen-bond donors (Lipinski definition) is 0. The van der Waals surface area contributed by atoms with Crippen molar-refractivity contribution in [2.45, 2.75) is 6.42 Å². The zero-order chi connectivity index (χ0) is 19.7. The predicted octanol–water partition coefficient (Wildman–Crippen LogP) is 3.44. The molecule has 0 saturated carbocycles. The van der Waals surface area contributed by atoms with Gasteiger partial charge in [0.1, 0.15) is 5.75 Å². The first kappa shape index (κ1) is 18.0. The molecular formula is C22H20N2O4. The minimum absolute atomic E-state index is 0.0656. The van der Waals surface area contributed by atoms with Crippen LogP contribution in [-0.4, -0.2) is 37.6 Å². The van der Waals surface area contributed by atoms with Crippen LogP contribution in [-0.2, 0) is 14.3 Å². The molecule has 6 heteroatoms. The first-order valence-electron chi connectivity index (χ1n) is 9.01. The summed E-state index contributed by atoms with van der Waals surface area (Å²) in [4.78, 5) is 29.9. The van der Waals surface area contributed by atoms with Crippen molar-refractivity contribution in [3.63, 3.8) is 0 Å². The fourth-order valence-corrected chi connectivity index (χ4v) is 3.70. The number of benzene rings is 2. The number of ether oxygens (including phenoxy) is 2. The summed E-state index contributed by atoms with van der Waals surface area (Å²) in [6.45, 7) is 0.349. The van der Waals surface area contributed by atoms with E-state index in [1.807, 2.05) is 42.5 Å². The largest absolute Gasteiger partial charge is 0.496 e. The lowest BCUT2D eigenvalue weighted by atomic mass is 9.98. The number of anilines is 1. The van der Waals surface area contributed by atoms with Crippen LogP contribution < -0.4 is 9.64 Å². The van der Waals surface area contributed by atoms with Gasteiger partial charge in [0.15, 0.2) is 0 Å². The molecule has 4 rings (SSSR count). The number of hydrogen-bond acceptors (Lipinski definition) is 5. The Balaban J connectivity index is 1.65. The first-order chi connectivity index (χ1) is 13.6. The van der Waals surface area contributed by atoms with E-state index in [1.165, 1.54) is 7.11 Å². The summed E-state index contributed by atoms with van der Waals surface area (Å²) in [6, 6.07) is 13.7. The predicted molar refractivity (Wildman–Crippen MR) is 106 cm³/mol. The van der Waals surface area contributed by atoms with Gasteiger partial charge in [-0.2, -0.15) is 0 Å². The van der Waals surface area contributed by atoms with Crippen molar-refractivity contribution in [1.82, 2.24) is 4.98 Å². The summed E-state index contributed by atoms with van der Waals surface area (Å²) < 4.78 is 10.2. The second-order valence-corrected chi connectivity index (χ2v) is 6.71. The zero-order valence-electron chi connectivity index (χ0n) is 15.7. The number of amides is 1. The normalized spacial score (nSPS) is 16.4. The lowest BCUT2D eigenvalue weighted by molar-refractivity contribution is -0.145. The Morgan fingerprint density at radius 2 is 1.86 bits per heavy atom. The van der Waals surface area contributed by atoms with E-state index in [2.05, 4.69) is 4.98 Å². The molecule has 1 saturated heterocycles. The molecule has 1 aliphatic rings. The number of nitrogens with zero attached hydrogens (tertiary/aromatic N) is 2. The lowest BCUT2D eigenvalue weighted by Gasteiger charge is -2.17. The summed E-state index contributed by atoms with van der Waals surface area (Å²) in [7, 11) is 2.99. The van der Waals surface area contributed by atoms with E-state index in [0.717, 1.165) is 33.3 Å². The minimum atomic E-state index is -0.407. The molecule has 0 aliphatic carbocycles. The van der Waals surface area contributed by atoms with Crippen LogP contribution >= 0.6 is 0 Å². The molecule has 3 aromatic rings. The number of aromatic nitrogens is 1. The Morgan fingerprint density at radius 3 is 2.57 bits per heavy atom. The Bertz CT molecular complexity index is 1050. The van der Waals surface area contributed by atoms with E-state index in [9.17, 15) is 9.59 Å². The Kier molecular flexibility index (Phi) is 4.69. The van der Waals surface area contributed by atoms with Gasteiger partial charge in [0.25, 0.3) is 0 Å². The molecule has 1 unspecified atom stereocenters. The summed E-state index contributed by atoms with van der Waals surface area (Å²) >= 11 is 0. The fourth-order valence-electron chi connectivity index (χ4n) is 3.70.